The molecule has 0 aliphatic rings. The van der Waals surface area contributed by atoms with Crippen molar-refractivity contribution >= 4 is 11.7 Å². The zero-order chi connectivity index (χ0) is 18.6. The topological polar surface area (TPSA) is 67.2 Å². The van der Waals surface area contributed by atoms with Gasteiger partial charge in [0, 0.05) is 5.69 Å². The van der Waals surface area contributed by atoms with Crippen molar-refractivity contribution in [2.75, 3.05) is 5.32 Å². The first-order valence-corrected chi connectivity index (χ1v) is 8.57. The molecule has 1 aromatic carbocycles. The fourth-order valence-electron chi connectivity index (χ4n) is 2.74. The monoisotopic (exact) mass is 349 g/mol. The van der Waals surface area contributed by atoms with Gasteiger partial charge in [0.25, 0.3) is 5.91 Å². The van der Waals surface area contributed by atoms with E-state index in [1.54, 1.807) is 12.3 Å². The Labute approximate surface area is 153 Å². The van der Waals surface area contributed by atoms with E-state index < -0.39 is 5.54 Å². The fraction of sp³-hybridized carbons (Fsp3) is 0.238. The van der Waals surface area contributed by atoms with E-state index >= 15 is 0 Å². The van der Waals surface area contributed by atoms with Crippen molar-refractivity contribution in [2.45, 2.75) is 32.9 Å². The summed E-state index contributed by atoms with van der Waals surface area (Å²) in [7, 11) is 0. The highest BCUT2D eigenvalue weighted by atomic mass is 16.3. The van der Waals surface area contributed by atoms with Crippen LogP contribution in [-0.4, -0.2) is 10.9 Å². The molecular weight excluding hydrogens is 326 g/mol. The van der Waals surface area contributed by atoms with Gasteiger partial charge in [0.15, 0.2) is 0 Å². The first-order valence-electron chi connectivity index (χ1n) is 8.57. The van der Waals surface area contributed by atoms with Crippen LogP contribution in [0.25, 0.3) is 0 Å². The van der Waals surface area contributed by atoms with Crippen LogP contribution < -0.4 is 10.6 Å². The van der Waals surface area contributed by atoms with Crippen LogP contribution in [0.5, 0.6) is 0 Å². The first-order chi connectivity index (χ1) is 12.5. The average Bonchev–Trinajstić information content (AvgIpc) is 3.14. The van der Waals surface area contributed by atoms with Gasteiger partial charge in [-0.25, -0.2) is 4.98 Å². The molecule has 0 bridgehead atoms. The van der Waals surface area contributed by atoms with Gasteiger partial charge in [0.05, 0.1) is 23.9 Å². The minimum Gasteiger partial charge on any atom is -0.467 e. The van der Waals surface area contributed by atoms with Gasteiger partial charge in [0.1, 0.15) is 11.6 Å². The molecule has 26 heavy (non-hydrogen) atoms. The van der Waals surface area contributed by atoms with Gasteiger partial charge >= 0.3 is 0 Å². The highest BCUT2D eigenvalue weighted by molar-refractivity contribution is 5.99. The van der Waals surface area contributed by atoms with Crippen LogP contribution in [0.3, 0.4) is 0 Å². The van der Waals surface area contributed by atoms with Crippen molar-refractivity contribution in [2.24, 2.45) is 0 Å². The Hall–Kier alpha value is -3.08. The van der Waals surface area contributed by atoms with E-state index in [0.717, 1.165) is 17.0 Å². The van der Waals surface area contributed by atoms with E-state index in [2.05, 4.69) is 15.6 Å². The normalized spacial score (nSPS) is 11.2. The molecule has 3 rings (SSSR count). The number of hydrogen-bond acceptors (Lipinski definition) is 4. The number of nitrogens with one attached hydrogen (secondary N) is 2. The van der Waals surface area contributed by atoms with Crippen molar-refractivity contribution in [3.8, 4) is 0 Å². The summed E-state index contributed by atoms with van der Waals surface area (Å²) in [6.07, 6.45) is 1.62. The Morgan fingerprint density at radius 2 is 1.85 bits per heavy atom. The molecule has 3 aromatic rings. The number of furan rings is 1. The lowest BCUT2D eigenvalue weighted by atomic mass is 9.94. The van der Waals surface area contributed by atoms with Crippen LogP contribution in [0.15, 0.2) is 65.3 Å². The molecule has 0 unspecified atom stereocenters. The van der Waals surface area contributed by atoms with Crippen LogP contribution in [0, 0.1) is 6.92 Å². The first kappa shape index (κ1) is 17.7. The van der Waals surface area contributed by atoms with Gasteiger partial charge < -0.3 is 15.1 Å². The molecule has 0 radical (unpaired) electrons. The van der Waals surface area contributed by atoms with E-state index in [0.29, 0.717) is 17.9 Å². The van der Waals surface area contributed by atoms with Crippen LogP contribution >= 0.6 is 0 Å². The SMILES string of the molecule is Cc1ccc(C(=O)NC(C)(C)c2ccccc2)c(NCc2ccco2)n1. The maximum absolute atomic E-state index is 12.9. The maximum atomic E-state index is 12.9. The number of hydrogen-bond donors (Lipinski definition) is 2. The number of carbonyl (C=O) groups is 1. The van der Waals surface area contributed by atoms with Crippen LogP contribution in [0.2, 0.25) is 0 Å². The number of benzene rings is 1. The van der Waals surface area contributed by atoms with Crippen LogP contribution in [-0.2, 0) is 12.1 Å². The number of pyridine rings is 1. The molecule has 134 valence electrons. The lowest BCUT2D eigenvalue weighted by Gasteiger charge is -2.27. The number of anilines is 1. The zero-order valence-corrected chi connectivity index (χ0v) is 15.2. The second-order valence-electron chi connectivity index (χ2n) is 6.73. The van der Waals surface area contributed by atoms with Crippen molar-refractivity contribution in [3.05, 3.63) is 83.4 Å². The van der Waals surface area contributed by atoms with Crippen molar-refractivity contribution in [3.63, 3.8) is 0 Å². The standard InChI is InChI=1S/C21H23N3O2/c1-15-11-12-18(19(23-15)22-14-17-10-7-13-26-17)20(25)24-21(2,3)16-8-5-4-6-9-16/h4-13H,14H2,1-3H3,(H,22,23)(H,24,25). The Balaban J connectivity index is 1.80. The predicted octanol–water partition coefficient (Wildman–Crippen LogP) is 4.26. The largest absolute Gasteiger partial charge is 0.467 e. The molecule has 0 saturated carbocycles. The summed E-state index contributed by atoms with van der Waals surface area (Å²) >= 11 is 0. The van der Waals surface area contributed by atoms with Crippen LogP contribution in [0.4, 0.5) is 5.82 Å². The summed E-state index contributed by atoms with van der Waals surface area (Å²) in [6, 6.07) is 17.2. The lowest BCUT2D eigenvalue weighted by molar-refractivity contribution is 0.0912. The van der Waals surface area contributed by atoms with Gasteiger partial charge in [-0.05, 0) is 50.6 Å². The van der Waals surface area contributed by atoms with Gasteiger partial charge in [-0.15, -0.1) is 0 Å². The smallest absolute Gasteiger partial charge is 0.255 e. The van der Waals surface area contributed by atoms with Gasteiger partial charge in [0.2, 0.25) is 0 Å². The number of amides is 1. The summed E-state index contributed by atoms with van der Waals surface area (Å²) in [5.41, 5.74) is 1.89. The number of carbonyl (C=O) groups excluding carboxylic acids is 1. The molecule has 0 saturated heterocycles. The van der Waals surface area contributed by atoms with Gasteiger partial charge in [-0.1, -0.05) is 30.3 Å². The van der Waals surface area contributed by atoms with Crippen molar-refractivity contribution < 1.29 is 9.21 Å². The highest BCUT2D eigenvalue weighted by Gasteiger charge is 2.25. The second kappa shape index (κ2) is 7.44. The Morgan fingerprint density at radius 1 is 1.08 bits per heavy atom. The summed E-state index contributed by atoms with van der Waals surface area (Å²) in [6.45, 7) is 6.33. The van der Waals surface area contributed by atoms with E-state index in [1.807, 2.05) is 69.3 Å². The Morgan fingerprint density at radius 3 is 2.54 bits per heavy atom. The number of nitrogens with zero attached hydrogens (tertiary/aromatic N) is 1. The molecule has 2 N–H and O–H groups in total. The number of aryl methyl sites for hydroxylation is 1. The molecule has 0 aliphatic heterocycles. The summed E-state index contributed by atoms with van der Waals surface area (Å²) < 4.78 is 5.33. The van der Waals surface area contributed by atoms with Crippen molar-refractivity contribution in [1.29, 1.82) is 0 Å². The highest BCUT2D eigenvalue weighted by Crippen LogP contribution is 2.22. The van der Waals surface area contributed by atoms with E-state index in [9.17, 15) is 4.79 Å². The predicted molar refractivity (Wildman–Crippen MR) is 102 cm³/mol. The van der Waals surface area contributed by atoms with Crippen LogP contribution in [0.1, 0.15) is 41.2 Å². The summed E-state index contributed by atoms with van der Waals surface area (Å²) in [4.78, 5) is 17.4. The Bertz CT molecular complexity index is 872. The summed E-state index contributed by atoms with van der Waals surface area (Å²) in [5.74, 6) is 1.15. The van der Waals surface area contributed by atoms with E-state index in [-0.39, 0.29) is 5.91 Å². The molecule has 0 spiro atoms. The molecule has 0 fully saturated rings. The fourth-order valence-corrected chi connectivity index (χ4v) is 2.74. The quantitative estimate of drug-likeness (QED) is 0.698. The van der Waals surface area contributed by atoms with Crippen molar-refractivity contribution in [1.82, 2.24) is 10.3 Å². The minimum absolute atomic E-state index is 0.173. The molecule has 1 amide bonds. The minimum atomic E-state index is -0.499. The zero-order valence-electron chi connectivity index (χ0n) is 15.2. The van der Waals surface area contributed by atoms with Gasteiger partial charge in [-0.2, -0.15) is 0 Å². The molecule has 0 atom stereocenters. The van der Waals surface area contributed by atoms with Gasteiger partial charge in [-0.3, -0.25) is 4.79 Å². The lowest BCUT2D eigenvalue weighted by Crippen LogP contribution is -2.41. The van der Waals surface area contributed by atoms with E-state index in [4.69, 9.17) is 4.42 Å². The summed E-state index contributed by atoms with van der Waals surface area (Å²) in [5, 5.41) is 6.30. The third-order valence-electron chi connectivity index (χ3n) is 4.21. The van der Waals surface area contributed by atoms with E-state index in [1.165, 1.54) is 0 Å². The molecule has 2 heterocycles. The molecule has 5 heteroatoms. The molecular formula is C21H23N3O2. The molecule has 0 aliphatic carbocycles. The molecule has 2 aromatic heterocycles. The average molecular weight is 349 g/mol. The number of rotatable bonds is 6. The number of aromatic nitrogens is 1. The third kappa shape index (κ3) is 4.11. The second-order valence-corrected chi connectivity index (χ2v) is 6.73. The molecule has 5 nitrogen and oxygen atoms in total. The Kier molecular flexibility index (Phi) is 5.07. The maximum Gasteiger partial charge on any atom is 0.255 e. The third-order valence-corrected chi connectivity index (χ3v) is 4.21.